The Morgan fingerprint density at radius 1 is 1.19 bits per heavy atom. The minimum atomic E-state index is -4.87. The number of hydrogen-bond donors (Lipinski definition) is 2. The number of nitrogens with zero attached hydrogens (tertiary/aromatic N) is 1. The molecule has 1 heterocycles. The van der Waals surface area contributed by atoms with Gasteiger partial charge < -0.3 is 19.9 Å². The highest BCUT2D eigenvalue weighted by atomic mass is 32.2. The summed E-state index contributed by atoms with van der Waals surface area (Å²) in [7, 11) is 0. The van der Waals surface area contributed by atoms with Crippen molar-refractivity contribution in [2.24, 2.45) is 0 Å². The fourth-order valence-corrected chi connectivity index (χ4v) is 2.43. The van der Waals surface area contributed by atoms with Crippen molar-refractivity contribution < 1.29 is 32.0 Å². The molecule has 0 bridgehead atoms. The van der Waals surface area contributed by atoms with Gasteiger partial charge in [0.25, 0.3) is 0 Å². The zero-order chi connectivity index (χ0) is 19.2. The Balaban J connectivity index is 1.79. The van der Waals surface area contributed by atoms with Crippen molar-refractivity contribution in [3.05, 3.63) is 36.1 Å². The van der Waals surface area contributed by atoms with Crippen molar-refractivity contribution in [2.75, 3.05) is 22.1 Å². The van der Waals surface area contributed by atoms with Gasteiger partial charge in [-0.05, 0) is 19.1 Å². The minimum absolute atomic E-state index is 0.0416. The molecule has 0 aliphatic heterocycles. The number of amides is 2. The lowest BCUT2D eigenvalue weighted by atomic mass is 10.3. The molecule has 2 rings (SSSR count). The molecule has 2 aromatic rings. The molecule has 0 aliphatic carbocycles. The van der Waals surface area contributed by atoms with Crippen LogP contribution in [0.5, 0.6) is 5.75 Å². The van der Waals surface area contributed by atoms with E-state index in [9.17, 15) is 22.8 Å². The highest BCUT2D eigenvalue weighted by molar-refractivity contribution is 8.00. The largest absolute Gasteiger partial charge is 0.573 e. The van der Waals surface area contributed by atoms with Gasteiger partial charge in [0.2, 0.25) is 11.8 Å². The van der Waals surface area contributed by atoms with Crippen molar-refractivity contribution in [3.8, 4) is 5.75 Å². The number of anilines is 2. The lowest BCUT2D eigenvalue weighted by Gasteiger charge is -2.13. The number of para-hydroxylation sites is 2. The molecule has 1 aromatic heterocycles. The van der Waals surface area contributed by atoms with Crippen molar-refractivity contribution in [1.29, 1.82) is 0 Å². The number of carbonyl (C=O) groups is 2. The van der Waals surface area contributed by atoms with Gasteiger partial charge in [-0.1, -0.05) is 17.3 Å². The van der Waals surface area contributed by atoms with Gasteiger partial charge in [-0.3, -0.25) is 9.59 Å². The Bertz CT molecular complexity index is 779. The molecular formula is C15H14F3N3O4S. The molecule has 0 radical (unpaired) electrons. The lowest BCUT2D eigenvalue weighted by molar-refractivity contribution is -0.274. The maximum atomic E-state index is 12.3. The van der Waals surface area contributed by atoms with E-state index in [2.05, 4.69) is 20.5 Å². The lowest BCUT2D eigenvalue weighted by Crippen LogP contribution is -2.21. The number of nitrogens with one attached hydrogen (secondary N) is 2. The molecule has 2 N–H and O–H groups in total. The van der Waals surface area contributed by atoms with Crippen LogP contribution in [0.2, 0.25) is 0 Å². The van der Waals surface area contributed by atoms with Crippen LogP contribution in [0.15, 0.2) is 34.9 Å². The molecule has 0 fully saturated rings. The average Bonchev–Trinajstić information content (AvgIpc) is 2.93. The van der Waals surface area contributed by atoms with E-state index >= 15 is 0 Å². The van der Waals surface area contributed by atoms with Gasteiger partial charge >= 0.3 is 6.36 Å². The number of ether oxygens (including phenoxy) is 1. The summed E-state index contributed by atoms with van der Waals surface area (Å²) in [5.74, 6) is -0.860. The highest BCUT2D eigenvalue weighted by Crippen LogP contribution is 2.29. The highest BCUT2D eigenvalue weighted by Gasteiger charge is 2.32. The van der Waals surface area contributed by atoms with E-state index in [0.29, 0.717) is 5.76 Å². The molecule has 1 aromatic carbocycles. The first-order valence-electron chi connectivity index (χ1n) is 7.18. The van der Waals surface area contributed by atoms with Crippen LogP contribution in [0.1, 0.15) is 5.76 Å². The van der Waals surface area contributed by atoms with Gasteiger partial charge in [0, 0.05) is 6.07 Å². The summed E-state index contributed by atoms with van der Waals surface area (Å²) in [6.07, 6.45) is -4.87. The summed E-state index contributed by atoms with van der Waals surface area (Å²) in [5, 5.41) is 8.39. The van der Waals surface area contributed by atoms with Crippen molar-refractivity contribution >= 4 is 35.1 Å². The van der Waals surface area contributed by atoms with E-state index < -0.39 is 23.9 Å². The summed E-state index contributed by atoms with van der Waals surface area (Å²) in [6, 6.07) is 6.71. The Hall–Kier alpha value is -2.69. The SMILES string of the molecule is Cc1cc(NC(=O)CSCC(=O)Nc2ccccc2OC(F)(F)F)no1. The third-order valence-electron chi connectivity index (χ3n) is 2.75. The maximum Gasteiger partial charge on any atom is 0.573 e. The molecule has 0 unspecified atom stereocenters. The number of carbonyl (C=O) groups excluding carboxylic acids is 2. The first-order valence-corrected chi connectivity index (χ1v) is 8.34. The van der Waals surface area contributed by atoms with Gasteiger partial charge in [0.15, 0.2) is 11.6 Å². The van der Waals surface area contributed by atoms with Crippen LogP contribution in [0.3, 0.4) is 0 Å². The fourth-order valence-electron chi connectivity index (χ4n) is 1.81. The Labute approximate surface area is 150 Å². The van der Waals surface area contributed by atoms with Gasteiger partial charge in [0.05, 0.1) is 17.2 Å². The smallest absolute Gasteiger partial charge is 0.404 e. The molecule has 2 amide bonds. The zero-order valence-electron chi connectivity index (χ0n) is 13.4. The van der Waals surface area contributed by atoms with Crippen LogP contribution in [-0.4, -0.2) is 34.8 Å². The topological polar surface area (TPSA) is 93.5 Å². The second kappa shape index (κ2) is 8.61. The molecule has 7 nitrogen and oxygen atoms in total. The van der Waals surface area contributed by atoms with E-state index in [-0.39, 0.29) is 23.0 Å². The number of thioether (sulfide) groups is 1. The van der Waals surface area contributed by atoms with Gasteiger partial charge in [-0.25, -0.2) is 0 Å². The number of halogens is 3. The van der Waals surface area contributed by atoms with Crippen molar-refractivity contribution in [1.82, 2.24) is 5.16 Å². The maximum absolute atomic E-state index is 12.3. The molecule has 26 heavy (non-hydrogen) atoms. The summed E-state index contributed by atoms with van der Waals surface area (Å²) in [5.41, 5.74) is -0.113. The first-order chi connectivity index (χ1) is 12.2. The zero-order valence-corrected chi connectivity index (χ0v) is 14.2. The van der Waals surface area contributed by atoms with Crippen LogP contribution >= 0.6 is 11.8 Å². The van der Waals surface area contributed by atoms with Crippen LogP contribution in [0, 0.1) is 6.92 Å². The van der Waals surface area contributed by atoms with Crippen LogP contribution in [0.4, 0.5) is 24.7 Å². The van der Waals surface area contributed by atoms with Crippen LogP contribution < -0.4 is 15.4 Å². The normalized spacial score (nSPS) is 11.1. The number of aromatic nitrogens is 1. The first kappa shape index (κ1) is 19.6. The molecule has 0 saturated carbocycles. The Morgan fingerprint density at radius 2 is 1.85 bits per heavy atom. The standard InChI is InChI=1S/C15H14F3N3O4S/c1-9-6-12(21-25-9)20-14(23)8-26-7-13(22)19-10-4-2-3-5-11(10)24-15(16,17)18/h2-6H,7-8H2,1H3,(H,19,22)(H,20,21,23). The Morgan fingerprint density at radius 3 is 2.46 bits per heavy atom. The van der Waals surface area contributed by atoms with Crippen LogP contribution in [-0.2, 0) is 9.59 Å². The summed E-state index contributed by atoms with van der Waals surface area (Å²) in [6.45, 7) is 1.67. The van der Waals surface area contributed by atoms with Crippen molar-refractivity contribution in [2.45, 2.75) is 13.3 Å². The number of alkyl halides is 3. The predicted octanol–water partition coefficient (Wildman–Crippen LogP) is 3.19. The molecule has 0 atom stereocenters. The molecule has 0 saturated heterocycles. The average molecular weight is 389 g/mol. The molecular weight excluding hydrogens is 375 g/mol. The molecule has 140 valence electrons. The fraction of sp³-hybridized carbons (Fsp3) is 0.267. The summed E-state index contributed by atoms with van der Waals surface area (Å²) < 4.78 is 45.6. The molecule has 0 aliphatic rings. The van der Waals surface area contributed by atoms with Gasteiger partial charge in [0.1, 0.15) is 5.76 Å². The van der Waals surface area contributed by atoms with Crippen LogP contribution in [0.25, 0.3) is 0 Å². The van der Waals surface area contributed by atoms with Gasteiger partial charge in [-0.2, -0.15) is 0 Å². The second-order valence-electron chi connectivity index (χ2n) is 4.96. The van der Waals surface area contributed by atoms with E-state index in [1.165, 1.54) is 24.3 Å². The van der Waals surface area contributed by atoms with E-state index in [1.807, 2.05) is 0 Å². The van der Waals surface area contributed by atoms with E-state index in [4.69, 9.17) is 4.52 Å². The van der Waals surface area contributed by atoms with Gasteiger partial charge in [-0.15, -0.1) is 24.9 Å². The number of aryl methyl sites for hydroxylation is 1. The number of rotatable bonds is 7. The van der Waals surface area contributed by atoms with E-state index in [1.54, 1.807) is 6.92 Å². The quantitative estimate of drug-likeness (QED) is 0.756. The molecule has 0 spiro atoms. The minimum Gasteiger partial charge on any atom is -0.404 e. The predicted molar refractivity (Wildman–Crippen MR) is 88.9 cm³/mol. The summed E-state index contributed by atoms with van der Waals surface area (Å²) >= 11 is 0.988. The Kier molecular flexibility index (Phi) is 6.50. The number of benzene rings is 1. The monoisotopic (exact) mass is 389 g/mol. The number of hydrogen-bond acceptors (Lipinski definition) is 6. The second-order valence-corrected chi connectivity index (χ2v) is 5.94. The third-order valence-corrected chi connectivity index (χ3v) is 3.68. The van der Waals surface area contributed by atoms with Crippen molar-refractivity contribution in [3.63, 3.8) is 0 Å². The van der Waals surface area contributed by atoms with E-state index in [0.717, 1.165) is 17.8 Å². The third kappa shape index (κ3) is 6.67. The summed E-state index contributed by atoms with van der Waals surface area (Å²) in [4.78, 5) is 23.5. The molecule has 11 heteroatoms.